The molecule has 1 saturated carbocycles. The molecule has 0 radical (unpaired) electrons. The van der Waals surface area contributed by atoms with Gasteiger partial charge in [-0.1, -0.05) is 32.6 Å². The van der Waals surface area contributed by atoms with Crippen molar-refractivity contribution in [3.05, 3.63) is 23.7 Å². The third-order valence-electron chi connectivity index (χ3n) is 3.49. The van der Waals surface area contributed by atoms with E-state index < -0.39 is 0 Å². The summed E-state index contributed by atoms with van der Waals surface area (Å²) in [6, 6.07) is 4.89. The van der Waals surface area contributed by atoms with Gasteiger partial charge in [0.25, 0.3) is 0 Å². The SMILES string of the molecule is CCc1ccc(CNC2CCCCCC2)o1. The van der Waals surface area contributed by atoms with Gasteiger partial charge >= 0.3 is 0 Å². The zero-order valence-corrected chi connectivity index (χ0v) is 10.3. The van der Waals surface area contributed by atoms with Gasteiger partial charge in [-0.05, 0) is 25.0 Å². The molecule has 2 nitrogen and oxygen atoms in total. The van der Waals surface area contributed by atoms with Gasteiger partial charge in [-0.2, -0.15) is 0 Å². The van der Waals surface area contributed by atoms with E-state index in [0.29, 0.717) is 6.04 Å². The van der Waals surface area contributed by atoms with Crippen LogP contribution in [0.1, 0.15) is 57.0 Å². The molecule has 2 rings (SSSR count). The van der Waals surface area contributed by atoms with Crippen molar-refractivity contribution in [2.45, 2.75) is 64.5 Å². The number of hydrogen-bond acceptors (Lipinski definition) is 2. The maximum absolute atomic E-state index is 5.69. The van der Waals surface area contributed by atoms with Crippen LogP contribution in [-0.4, -0.2) is 6.04 Å². The van der Waals surface area contributed by atoms with E-state index in [1.807, 2.05) is 0 Å². The fourth-order valence-electron chi connectivity index (χ4n) is 2.44. The average molecular weight is 221 g/mol. The van der Waals surface area contributed by atoms with Crippen LogP contribution in [0.2, 0.25) is 0 Å². The predicted molar refractivity (Wildman–Crippen MR) is 66.4 cm³/mol. The predicted octanol–water partition coefficient (Wildman–Crippen LogP) is 3.65. The number of nitrogens with one attached hydrogen (secondary N) is 1. The van der Waals surface area contributed by atoms with Gasteiger partial charge in [0.2, 0.25) is 0 Å². The summed E-state index contributed by atoms with van der Waals surface area (Å²) in [6.45, 7) is 3.02. The Balaban J connectivity index is 1.77. The zero-order valence-electron chi connectivity index (χ0n) is 10.3. The van der Waals surface area contributed by atoms with Crippen molar-refractivity contribution in [3.8, 4) is 0 Å². The van der Waals surface area contributed by atoms with E-state index in [9.17, 15) is 0 Å². The molecule has 1 aliphatic rings. The molecule has 1 N–H and O–H groups in total. The quantitative estimate of drug-likeness (QED) is 0.785. The lowest BCUT2D eigenvalue weighted by Gasteiger charge is -2.14. The summed E-state index contributed by atoms with van der Waals surface area (Å²) >= 11 is 0. The van der Waals surface area contributed by atoms with Gasteiger partial charge in [-0.15, -0.1) is 0 Å². The molecule has 1 aromatic rings. The summed E-state index contributed by atoms with van der Waals surface area (Å²) in [5.74, 6) is 2.18. The summed E-state index contributed by atoms with van der Waals surface area (Å²) in [5.41, 5.74) is 0. The Labute approximate surface area is 98.4 Å². The van der Waals surface area contributed by atoms with Gasteiger partial charge in [0.1, 0.15) is 11.5 Å². The molecule has 2 heteroatoms. The average Bonchev–Trinajstić information content (AvgIpc) is 2.61. The van der Waals surface area contributed by atoms with Gasteiger partial charge < -0.3 is 9.73 Å². The van der Waals surface area contributed by atoms with Crippen LogP contribution >= 0.6 is 0 Å². The Morgan fingerprint density at radius 2 is 1.81 bits per heavy atom. The van der Waals surface area contributed by atoms with Crippen LogP contribution in [0, 0.1) is 0 Å². The minimum absolute atomic E-state index is 0.706. The zero-order chi connectivity index (χ0) is 11.2. The van der Waals surface area contributed by atoms with Crippen LogP contribution in [0.4, 0.5) is 0 Å². The summed E-state index contributed by atoms with van der Waals surface area (Å²) in [6.07, 6.45) is 9.26. The third-order valence-corrected chi connectivity index (χ3v) is 3.49. The highest BCUT2D eigenvalue weighted by Crippen LogP contribution is 2.18. The minimum atomic E-state index is 0.706. The second-order valence-electron chi connectivity index (χ2n) is 4.79. The molecule has 0 saturated heterocycles. The van der Waals surface area contributed by atoms with Crippen LogP contribution in [-0.2, 0) is 13.0 Å². The highest BCUT2D eigenvalue weighted by atomic mass is 16.3. The Bertz CT molecular complexity index is 297. The number of aryl methyl sites for hydroxylation is 1. The number of furan rings is 1. The first kappa shape index (κ1) is 11.7. The maximum Gasteiger partial charge on any atom is 0.117 e. The van der Waals surface area contributed by atoms with E-state index in [2.05, 4.69) is 24.4 Å². The summed E-state index contributed by atoms with van der Waals surface area (Å²) < 4.78 is 5.69. The second-order valence-corrected chi connectivity index (χ2v) is 4.79. The van der Waals surface area contributed by atoms with Gasteiger partial charge in [0.05, 0.1) is 6.54 Å². The fraction of sp³-hybridized carbons (Fsp3) is 0.714. The minimum Gasteiger partial charge on any atom is -0.465 e. The van der Waals surface area contributed by atoms with Crippen LogP contribution in [0.25, 0.3) is 0 Å². The topological polar surface area (TPSA) is 25.2 Å². The fourth-order valence-corrected chi connectivity index (χ4v) is 2.44. The molecule has 1 aliphatic carbocycles. The van der Waals surface area contributed by atoms with E-state index >= 15 is 0 Å². The second kappa shape index (κ2) is 6.09. The highest BCUT2D eigenvalue weighted by Gasteiger charge is 2.11. The van der Waals surface area contributed by atoms with Crippen molar-refractivity contribution in [1.29, 1.82) is 0 Å². The van der Waals surface area contributed by atoms with Crippen molar-refractivity contribution >= 4 is 0 Å². The lowest BCUT2D eigenvalue weighted by molar-refractivity contribution is 0.404. The number of rotatable bonds is 4. The monoisotopic (exact) mass is 221 g/mol. The molecule has 0 aromatic carbocycles. The van der Waals surface area contributed by atoms with E-state index in [-0.39, 0.29) is 0 Å². The first-order valence-corrected chi connectivity index (χ1v) is 6.69. The molecule has 1 fully saturated rings. The van der Waals surface area contributed by atoms with Crippen molar-refractivity contribution in [2.24, 2.45) is 0 Å². The largest absolute Gasteiger partial charge is 0.465 e. The molecular weight excluding hydrogens is 198 g/mol. The Kier molecular flexibility index (Phi) is 4.46. The van der Waals surface area contributed by atoms with Gasteiger partial charge in [-0.25, -0.2) is 0 Å². The number of hydrogen-bond donors (Lipinski definition) is 1. The Morgan fingerprint density at radius 3 is 2.44 bits per heavy atom. The summed E-state index contributed by atoms with van der Waals surface area (Å²) in [7, 11) is 0. The molecule has 0 atom stereocenters. The van der Waals surface area contributed by atoms with Gasteiger partial charge in [-0.3, -0.25) is 0 Å². The van der Waals surface area contributed by atoms with Crippen LogP contribution in [0.5, 0.6) is 0 Å². The van der Waals surface area contributed by atoms with Crippen LogP contribution in [0.15, 0.2) is 16.5 Å². The lowest BCUT2D eigenvalue weighted by Crippen LogP contribution is -2.27. The first-order chi connectivity index (χ1) is 7.88. The smallest absolute Gasteiger partial charge is 0.117 e. The lowest BCUT2D eigenvalue weighted by atomic mass is 10.1. The van der Waals surface area contributed by atoms with Gasteiger partial charge in [0, 0.05) is 12.5 Å². The molecule has 0 spiro atoms. The normalized spacial score (nSPS) is 18.6. The van der Waals surface area contributed by atoms with Crippen LogP contribution in [0.3, 0.4) is 0 Å². The molecule has 0 unspecified atom stereocenters. The molecular formula is C14H23NO. The standard InChI is InChI=1S/C14H23NO/c1-2-13-9-10-14(16-13)11-15-12-7-5-3-4-6-8-12/h9-10,12,15H,2-8,11H2,1H3. The molecule has 0 bridgehead atoms. The molecule has 16 heavy (non-hydrogen) atoms. The molecule has 1 heterocycles. The summed E-state index contributed by atoms with van der Waals surface area (Å²) in [5, 5.41) is 3.62. The first-order valence-electron chi connectivity index (χ1n) is 6.69. The van der Waals surface area contributed by atoms with Crippen molar-refractivity contribution in [2.75, 3.05) is 0 Å². The summed E-state index contributed by atoms with van der Waals surface area (Å²) in [4.78, 5) is 0. The molecule has 1 aromatic heterocycles. The van der Waals surface area contributed by atoms with E-state index in [1.54, 1.807) is 0 Å². The van der Waals surface area contributed by atoms with Crippen molar-refractivity contribution in [1.82, 2.24) is 5.32 Å². The highest BCUT2D eigenvalue weighted by molar-refractivity contribution is 5.06. The molecule has 0 amide bonds. The van der Waals surface area contributed by atoms with Crippen molar-refractivity contribution < 1.29 is 4.42 Å². The van der Waals surface area contributed by atoms with E-state index in [0.717, 1.165) is 24.5 Å². The Morgan fingerprint density at radius 1 is 1.12 bits per heavy atom. The molecule has 0 aliphatic heterocycles. The van der Waals surface area contributed by atoms with Crippen molar-refractivity contribution in [3.63, 3.8) is 0 Å². The third kappa shape index (κ3) is 3.38. The Hall–Kier alpha value is -0.760. The van der Waals surface area contributed by atoms with Crippen LogP contribution < -0.4 is 5.32 Å². The maximum atomic E-state index is 5.69. The van der Waals surface area contributed by atoms with Gasteiger partial charge in [0.15, 0.2) is 0 Å². The molecule has 90 valence electrons. The van der Waals surface area contributed by atoms with E-state index in [4.69, 9.17) is 4.42 Å². The van der Waals surface area contributed by atoms with E-state index in [1.165, 1.54) is 38.5 Å².